The fourth-order valence-corrected chi connectivity index (χ4v) is 4.31. The average molecular weight is 296 g/mol. The smallest absolute Gasteiger partial charge is 0.115 e. The van der Waals surface area contributed by atoms with Gasteiger partial charge in [-0.1, -0.05) is 44.0 Å². The molecule has 1 saturated heterocycles. The Kier molecular flexibility index (Phi) is 1.70. The molecule has 4 rings (SSSR count). The maximum Gasteiger partial charge on any atom is 0.115 e. The van der Waals surface area contributed by atoms with Gasteiger partial charge in [0.2, 0.25) is 0 Å². The highest BCUT2D eigenvalue weighted by molar-refractivity contribution is 9.12. The van der Waals surface area contributed by atoms with Gasteiger partial charge in [0.1, 0.15) is 12.2 Å². The molecule has 0 spiro atoms. The highest BCUT2D eigenvalue weighted by atomic mass is 79.9. The SMILES string of the molecule is Br[C@@H]1[C@@H](Br)[C@H]2[C@@H]1[C@H]1C=C[C@@H]2OO1. The van der Waals surface area contributed by atoms with Gasteiger partial charge in [-0.25, -0.2) is 9.78 Å². The first-order valence-electron chi connectivity index (χ1n) is 4.07. The van der Waals surface area contributed by atoms with Crippen LogP contribution in [0.4, 0.5) is 0 Å². The average Bonchev–Trinajstić information content (AvgIpc) is 2.17. The molecule has 2 bridgehead atoms. The molecule has 0 radical (unpaired) electrons. The van der Waals surface area contributed by atoms with Crippen molar-refractivity contribution in [2.75, 3.05) is 0 Å². The van der Waals surface area contributed by atoms with E-state index in [0.717, 1.165) is 0 Å². The van der Waals surface area contributed by atoms with Crippen molar-refractivity contribution in [2.45, 2.75) is 21.9 Å². The van der Waals surface area contributed by atoms with Crippen molar-refractivity contribution in [1.29, 1.82) is 0 Å². The van der Waals surface area contributed by atoms with E-state index in [9.17, 15) is 0 Å². The Hall–Kier alpha value is 0.620. The van der Waals surface area contributed by atoms with Crippen molar-refractivity contribution in [3.8, 4) is 0 Å². The van der Waals surface area contributed by atoms with Gasteiger partial charge in [0, 0.05) is 21.5 Å². The first-order valence-corrected chi connectivity index (χ1v) is 5.91. The van der Waals surface area contributed by atoms with Crippen LogP contribution in [0.2, 0.25) is 0 Å². The molecule has 2 nitrogen and oxygen atoms in total. The number of alkyl halides is 2. The molecule has 0 amide bonds. The van der Waals surface area contributed by atoms with Crippen molar-refractivity contribution >= 4 is 31.9 Å². The highest BCUT2D eigenvalue weighted by Crippen LogP contribution is 2.54. The molecule has 4 aliphatic rings. The summed E-state index contributed by atoms with van der Waals surface area (Å²) in [6.45, 7) is 0. The highest BCUT2D eigenvalue weighted by Gasteiger charge is 2.59. The molecule has 0 aromatic carbocycles. The van der Waals surface area contributed by atoms with E-state index in [1.807, 2.05) is 0 Å². The second-order valence-corrected chi connectivity index (χ2v) is 5.66. The van der Waals surface area contributed by atoms with Crippen LogP contribution in [0.1, 0.15) is 0 Å². The van der Waals surface area contributed by atoms with Crippen molar-refractivity contribution in [3.63, 3.8) is 0 Å². The standard InChI is InChI=1S/C8H8Br2O2/c9-7-5-3-1-2-4(12-11-3)6(5)8(7)10/h1-8H/t3-,4+,5+,6-,7-,8-/m0/s1. The van der Waals surface area contributed by atoms with Crippen LogP contribution < -0.4 is 0 Å². The summed E-state index contributed by atoms with van der Waals surface area (Å²) >= 11 is 7.31. The Morgan fingerprint density at radius 3 is 1.58 bits per heavy atom. The Morgan fingerprint density at radius 1 is 0.833 bits per heavy atom. The third-order valence-electron chi connectivity index (χ3n) is 3.01. The topological polar surface area (TPSA) is 18.5 Å². The molecule has 0 aromatic heterocycles. The zero-order chi connectivity index (χ0) is 8.29. The minimum absolute atomic E-state index is 0.165. The van der Waals surface area contributed by atoms with Gasteiger partial charge in [-0.2, -0.15) is 0 Å². The van der Waals surface area contributed by atoms with Gasteiger partial charge in [0.25, 0.3) is 0 Å². The first kappa shape index (κ1) is 7.97. The molecule has 6 atom stereocenters. The summed E-state index contributed by atoms with van der Waals surface area (Å²) in [6, 6.07) is 0. The van der Waals surface area contributed by atoms with Gasteiger partial charge in [-0.3, -0.25) is 0 Å². The van der Waals surface area contributed by atoms with Crippen LogP contribution in [-0.4, -0.2) is 21.9 Å². The summed E-state index contributed by atoms with van der Waals surface area (Å²) in [5.74, 6) is 1.19. The lowest BCUT2D eigenvalue weighted by atomic mass is 9.64. The van der Waals surface area contributed by atoms with Crippen LogP contribution in [0, 0.1) is 11.8 Å². The van der Waals surface area contributed by atoms with Crippen molar-refractivity contribution in [1.82, 2.24) is 0 Å². The molecular formula is C8H8Br2O2. The van der Waals surface area contributed by atoms with Gasteiger partial charge in [0.15, 0.2) is 0 Å². The molecular weight excluding hydrogens is 288 g/mol. The maximum absolute atomic E-state index is 5.19. The predicted octanol–water partition coefficient (Wildman–Crippen LogP) is 2.03. The summed E-state index contributed by atoms with van der Waals surface area (Å²) in [6.07, 6.45) is 4.56. The third-order valence-corrected chi connectivity index (χ3v) is 6.08. The third kappa shape index (κ3) is 0.820. The monoisotopic (exact) mass is 294 g/mol. The number of halogens is 2. The van der Waals surface area contributed by atoms with E-state index in [-0.39, 0.29) is 12.2 Å². The normalized spacial score (nSPS) is 61.2. The van der Waals surface area contributed by atoms with E-state index >= 15 is 0 Å². The molecule has 2 heterocycles. The van der Waals surface area contributed by atoms with Gasteiger partial charge < -0.3 is 0 Å². The van der Waals surface area contributed by atoms with E-state index in [2.05, 4.69) is 44.0 Å². The minimum atomic E-state index is 0.165. The Bertz CT molecular complexity index is 219. The Labute approximate surface area is 87.5 Å². The summed E-state index contributed by atoms with van der Waals surface area (Å²) in [4.78, 5) is 11.4. The lowest BCUT2D eigenvalue weighted by Crippen LogP contribution is -2.63. The molecule has 1 saturated carbocycles. The van der Waals surface area contributed by atoms with Crippen LogP contribution in [0.3, 0.4) is 0 Å². The van der Waals surface area contributed by atoms with Crippen molar-refractivity contribution < 1.29 is 9.78 Å². The van der Waals surface area contributed by atoms with Crippen LogP contribution in [0.25, 0.3) is 0 Å². The van der Waals surface area contributed by atoms with Crippen LogP contribution in [0.15, 0.2) is 12.2 Å². The van der Waals surface area contributed by atoms with Gasteiger partial charge in [-0.05, 0) is 0 Å². The molecule has 2 aliphatic heterocycles. The lowest BCUT2D eigenvalue weighted by molar-refractivity contribution is -0.397. The van der Waals surface area contributed by atoms with E-state index in [1.165, 1.54) is 0 Å². The van der Waals surface area contributed by atoms with Crippen molar-refractivity contribution in [3.05, 3.63) is 12.2 Å². The molecule has 0 unspecified atom stereocenters. The van der Waals surface area contributed by atoms with Gasteiger partial charge >= 0.3 is 0 Å². The zero-order valence-electron chi connectivity index (χ0n) is 6.19. The summed E-state index contributed by atoms with van der Waals surface area (Å²) in [7, 11) is 0. The maximum atomic E-state index is 5.19. The molecule has 0 aromatic rings. The Balaban J connectivity index is 1.94. The summed E-state index contributed by atoms with van der Waals surface area (Å²) in [5.41, 5.74) is 0. The second kappa shape index (κ2) is 2.56. The lowest BCUT2D eigenvalue weighted by Gasteiger charge is -2.56. The summed E-state index contributed by atoms with van der Waals surface area (Å²) in [5, 5.41) is 0. The van der Waals surface area contributed by atoms with E-state index in [1.54, 1.807) is 0 Å². The number of hydrogen-bond donors (Lipinski definition) is 0. The largest absolute Gasteiger partial charge is 0.228 e. The fourth-order valence-electron chi connectivity index (χ4n) is 2.30. The fraction of sp³-hybridized carbons (Fsp3) is 0.750. The van der Waals surface area contributed by atoms with Crippen LogP contribution in [0.5, 0.6) is 0 Å². The second-order valence-electron chi connectivity index (χ2n) is 3.55. The zero-order valence-corrected chi connectivity index (χ0v) is 9.36. The van der Waals surface area contributed by atoms with Gasteiger partial charge in [-0.15, -0.1) is 0 Å². The minimum Gasteiger partial charge on any atom is -0.228 e. The van der Waals surface area contributed by atoms with Crippen LogP contribution >= 0.6 is 31.9 Å². The van der Waals surface area contributed by atoms with Gasteiger partial charge in [0.05, 0.1) is 0 Å². The van der Waals surface area contributed by atoms with E-state index < -0.39 is 0 Å². The molecule has 66 valence electrons. The molecule has 4 heteroatoms. The quantitative estimate of drug-likeness (QED) is 0.387. The molecule has 2 fully saturated rings. The number of rotatable bonds is 0. The van der Waals surface area contributed by atoms with Crippen LogP contribution in [-0.2, 0) is 9.78 Å². The first-order chi connectivity index (χ1) is 5.79. The Morgan fingerprint density at radius 2 is 1.25 bits per heavy atom. The van der Waals surface area contributed by atoms with Crippen molar-refractivity contribution in [2.24, 2.45) is 11.8 Å². The molecule has 0 N–H and O–H groups in total. The molecule has 12 heavy (non-hydrogen) atoms. The summed E-state index contributed by atoms with van der Waals surface area (Å²) < 4.78 is 0. The van der Waals surface area contributed by atoms with E-state index in [0.29, 0.717) is 21.5 Å². The number of fused-ring (bicyclic) bond motifs is 1. The molecule has 2 aliphatic carbocycles. The van der Waals surface area contributed by atoms with E-state index in [4.69, 9.17) is 9.78 Å². The number of hydrogen-bond acceptors (Lipinski definition) is 2. The predicted molar refractivity (Wildman–Crippen MR) is 51.3 cm³/mol.